The number of hydrogen-bond donors (Lipinski definition) is 4. The lowest BCUT2D eigenvalue weighted by atomic mass is 10.0. The maximum atomic E-state index is 12.6. The van der Waals surface area contributed by atoms with Crippen molar-refractivity contribution in [3.8, 4) is 0 Å². The molecule has 10 heteroatoms. The fraction of sp³-hybridized carbons (Fsp3) is 0.778. The molecule has 4 N–H and O–H groups in total. The van der Waals surface area contributed by atoms with E-state index in [1.165, 1.54) is 5.32 Å². The van der Waals surface area contributed by atoms with Crippen molar-refractivity contribution in [1.82, 2.24) is 10.2 Å². The number of aliphatic hydroxyl groups is 2. The topological polar surface area (TPSA) is 110 Å². The Morgan fingerprint density at radius 1 is 1.16 bits per heavy atom. The van der Waals surface area contributed by atoms with Crippen LogP contribution in [0.1, 0.15) is 6.92 Å². The number of nitrogens with zero attached hydrogens (tertiary/aromatic N) is 1. The molecule has 0 heterocycles. The van der Waals surface area contributed by atoms with Gasteiger partial charge in [0.2, 0.25) is 5.54 Å². The molecule has 0 saturated carbocycles. The molecule has 0 aliphatic carbocycles. The molecule has 0 radical (unpaired) electrons. The van der Waals surface area contributed by atoms with Crippen LogP contribution in [0.2, 0.25) is 0 Å². The van der Waals surface area contributed by atoms with Gasteiger partial charge in [-0.15, -0.1) is 0 Å². The number of aliphatic hydroxyl groups excluding tert-OH is 2. The third kappa shape index (κ3) is 4.24. The molecule has 19 heavy (non-hydrogen) atoms. The minimum absolute atomic E-state index is 0.309. The maximum absolute atomic E-state index is 12.6. The van der Waals surface area contributed by atoms with Gasteiger partial charge in [-0.2, -0.15) is 13.2 Å². The molecule has 7 nitrogen and oxygen atoms in total. The summed E-state index contributed by atoms with van der Waals surface area (Å²) in [6.07, 6.45) is -5.20. The van der Waals surface area contributed by atoms with Crippen molar-refractivity contribution in [3.05, 3.63) is 0 Å². The number of aliphatic carboxylic acids is 1. The van der Waals surface area contributed by atoms with E-state index in [-0.39, 0.29) is 13.1 Å². The number of carboxylic acid groups (broad SMARTS) is 1. The minimum Gasteiger partial charge on any atom is -0.479 e. The monoisotopic (exact) mass is 288 g/mol. The summed E-state index contributed by atoms with van der Waals surface area (Å²) < 4.78 is 37.9. The Hall–Kier alpha value is -1.55. The van der Waals surface area contributed by atoms with E-state index in [9.17, 15) is 22.8 Å². The first-order valence-electron chi connectivity index (χ1n) is 5.19. The summed E-state index contributed by atoms with van der Waals surface area (Å²) in [7, 11) is 0. The second-order valence-corrected chi connectivity index (χ2v) is 3.79. The van der Waals surface area contributed by atoms with Crippen molar-refractivity contribution in [2.75, 3.05) is 26.3 Å². The Morgan fingerprint density at radius 3 is 1.84 bits per heavy atom. The number of hydrogen-bond acceptors (Lipinski definition) is 4. The third-order valence-corrected chi connectivity index (χ3v) is 2.38. The quantitative estimate of drug-likeness (QED) is 0.521. The predicted octanol–water partition coefficient (Wildman–Crippen LogP) is -0.612. The first-order chi connectivity index (χ1) is 8.60. The second kappa shape index (κ2) is 6.57. The summed E-state index contributed by atoms with van der Waals surface area (Å²) >= 11 is 0. The Morgan fingerprint density at radius 2 is 1.58 bits per heavy atom. The highest BCUT2D eigenvalue weighted by atomic mass is 19.4. The van der Waals surface area contributed by atoms with E-state index < -0.39 is 36.9 Å². The van der Waals surface area contributed by atoms with Crippen molar-refractivity contribution in [1.29, 1.82) is 0 Å². The lowest BCUT2D eigenvalue weighted by molar-refractivity contribution is -0.203. The minimum atomic E-state index is -5.20. The zero-order chi connectivity index (χ0) is 15.3. The summed E-state index contributed by atoms with van der Waals surface area (Å²) in [6, 6.07) is -1.34. The van der Waals surface area contributed by atoms with Crippen LogP contribution in [0.4, 0.5) is 18.0 Å². The van der Waals surface area contributed by atoms with E-state index in [1.807, 2.05) is 0 Å². The van der Waals surface area contributed by atoms with Crippen LogP contribution in [0.25, 0.3) is 0 Å². The Balaban J connectivity index is 5.05. The van der Waals surface area contributed by atoms with E-state index in [4.69, 9.17) is 15.3 Å². The maximum Gasteiger partial charge on any atom is 0.422 e. The van der Waals surface area contributed by atoms with Gasteiger partial charge in [-0.1, -0.05) is 0 Å². The summed E-state index contributed by atoms with van der Waals surface area (Å²) in [6.45, 7) is -1.43. The van der Waals surface area contributed by atoms with Crippen LogP contribution in [0.5, 0.6) is 0 Å². The van der Waals surface area contributed by atoms with Crippen molar-refractivity contribution >= 4 is 12.0 Å². The standard InChI is InChI=1S/C9H15F3N2O5/c1-8(6(17)18,9(10,11)12)13-7(19)14(2-4-15)3-5-16/h15-16H,2-5H2,1H3,(H,13,19)(H,17,18). The summed E-state index contributed by atoms with van der Waals surface area (Å²) in [5.74, 6) is -2.26. The van der Waals surface area contributed by atoms with Gasteiger partial charge in [-0.25, -0.2) is 9.59 Å². The van der Waals surface area contributed by atoms with Crippen molar-refractivity contribution in [2.24, 2.45) is 0 Å². The average Bonchev–Trinajstić information content (AvgIpc) is 2.26. The van der Waals surface area contributed by atoms with E-state index in [0.29, 0.717) is 11.8 Å². The van der Waals surface area contributed by atoms with Gasteiger partial charge in [0, 0.05) is 13.1 Å². The van der Waals surface area contributed by atoms with E-state index in [2.05, 4.69) is 0 Å². The second-order valence-electron chi connectivity index (χ2n) is 3.79. The SMILES string of the molecule is CC(NC(=O)N(CCO)CCO)(C(=O)O)C(F)(F)F. The zero-order valence-corrected chi connectivity index (χ0v) is 10.1. The van der Waals surface area contributed by atoms with Gasteiger partial charge in [0.15, 0.2) is 0 Å². The number of halogens is 3. The molecule has 0 rings (SSSR count). The van der Waals surface area contributed by atoms with Crippen molar-refractivity contribution in [2.45, 2.75) is 18.6 Å². The largest absolute Gasteiger partial charge is 0.479 e. The molecule has 0 aromatic heterocycles. The van der Waals surface area contributed by atoms with Gasteiger partial charge in [0.05, 0.1) is 13.2 Å². The highest BCUT2D eigenvalue weighted by Gasteiger charge is 2.58. The van der Waals surface area contributed by atoms with Gasteiger partial charge < -0.3 is 25.5 Å². The van der Waals surface area contributed by atoms with E-state index >= 15 is 0 Å². The van der Waals surface area contributed by atoms with Gasteiger partial charge in [0.25, 0.3) is 0 Å². The lowest BCUT2D eigenvalue weighted by Crippen LogP contribution is -2.64. The molecule has 0 bridgehead atoms. The summed E-state index contributed by atoms with van der Waals surface area (Å²) in [5.41, 5.74) is -3.45. The molecule has 2 amide bonds. The fourth-order valence-corrected chi connectivity index (χ4v) is 1.09. The highest BCUT2D eigenvalue weighted by Crippen LogP contribution is 2.30. The molecule has 0 aliphatic rings. The normalized spacial score (nSPS) is 14.6. The summed E-state index contributed by atoms with van der Waals surface area (Å²) in [5, 5.41) is 27.2. The Labute approximate surface area is 106 Å². The van der Waals surface area contributed by atoms with Crippen LogP contribution in [-0.2, 0) is 4.79 Å². The number of urea groups is 1. The molecule has 0 aromatic carbocycles. The molecule has 112 valence electrons. The average molecular weight is 288 g/mol. The number of nitrogens with one attached hydrogen (secondary N) is 1. The molecular weight excluding hydrogens is 273 g/mol. The first kappa shape index (κ1) is 17.4. The van der Waals surface area contributed by atoms with Gasteiger partial charge in [-0.05, 0) is 6.92 Å². The molecule has 0 aromatic rings. The first-order valence-corrected chi connectivity index (χ1v) is 5.19. The number of carbonyl (C=O) groups excluding carboxylic acids is 1. The van der Waals surface area contributed by atoms with Crippen LogP contribution in [-0.4, -0.2) is 70.2 Å². The number of rotatable bonds is 6. The molecule has 0 saturated heterocycles. The lowest BCUT2D eigenvalue weighted by Gasteiger charge is -2.31. The number of alkyl halides is 3. The van der Waals surface area contributed by atoms with E-state index in [1.54, 1.807) is 0 Å². The van der Waals surface area contributed by atoms with Crippen LogP contribution < -0.4 is 5.32 Å². The van der Waals surface area contributed by atoms with E-state index in [0.717, 1.165) is 0 Å². The van der Waals surface area contributed by atoms with Crippen LogP contribution in [0.3, 0.4) is 0 Å². The Bertz CT molecular complexity index is 330. The third-order valence-electron chi connectivity index (χ3n) is 2.38. The number of carboxylic acids is 1. The molecular formula is C9H15F3N2O5. The zero-order valence-electron chi connectivity index (χ0n) is 10.1. The van der Waals surface area contributed by atoms with Crippen LogP contribution >= 0.6 is 0 Å². The summed E-state index contributed by atoms with van der Waals surface area (Å²) in [4.78, 5) is 22.9. The van der Waals surface area contributed by atoms with Crippen LogP contribution in [0.15, 0.2) is 0 Å². The van der Waals surface area contributed by atoms with Crippen molar-refractivity contribution < 1.29 is 38.1 Å². The molecule has 0 aliphatic heterocycles. The van der Waals surface area contributed by atoms with Gasteiger partial charge in [-0.3, -0.25) is 0 Å². The smallest absolute Gasteiger partial charge is 0.422 e. The number of amides is 2. The predicted molar refractivity (Wildman–Crippen MR) is 56.4 cm³/mol. The highest BCUT2D eigenvalue weighted by molar-refractivity contribution is 5.86. The molecule has 1 unspecified atom stereocenters. The van der Waals surface area contributed by atoms with Gasteiger partial charge >= 0.3 is 18.2 Å². The van der Waals surface area contributed by atoms with Crippen LogP contribution in [0, 0.1) is 0 Å². The fourth-order valence-electron chi connectivity index (χ4n) is 1.09. The molecule has 0 spiro atoms. The van der Waals surface area contributed by atoms with Gasteiger partial charge in [0.1, 0.15) is 0 Å². The number of carbonyl (C=O) groups is 2. The molecule has 1 atom stereocenters. The van der Waals surface area contributed by atoms with Crippen molar-refractivity contribution in [3.63, 3.8) is 0 Å². The Kier molecular flexibility index (Phi) is 6.03. The molecule has 0 fully saturated rings.